The van der Waals surface area contributed by atoms with Gasteiger partial charge >= 0.3 is 0 Å². The maximum Gasteiger partial charge on any atom is 0.255 e. The number of benzene rings is 1. The van der Waals surface area contributed by atoms with Gasteiger partial charge in [-0.25, -0.2) is 0 Å². The molecule has 1 amide bonds. The van der Waals surface area contributed by atoms with Gasteiger partial charge in [-0.15, -0.1) is 0 Å². The number of aromatic nitrogens is 1. The van der Waals surface area contributed by atoms with Crippen LogP contribution in [0.25, 0.3) is 10.9 Å². The number of carbonyl (C=O) groups excluding carboxylic acids is 1. The second-order valence-corrected chi connectivity index (χ2v) is 4.92. The number of H-pyrrole nitrogens is 1. The molecule has 0 aliphatic heterocycles. The molecule has 2 aromatic rings. The Balaban J connectivity index is 2.11. The van der Waals surface area contributed by atoms with Gasteiger partial charge in [0.1, 0.15) is 6.54 Å². The predicted octanol–water partition coefficient (Wildman–Crippen LogP) is 1.66. The summed E-state index contributed by atoms with van der Waals surface area (Å²) in [5, 5.41) is 9.57. The van der Waals surface area contributed by atoms with Crippen LogP contribution in [0.1, 0.15) is 23.2 Å². The Bertz CT molecular complexity index is 769. The average molecular weight is 267 g/mol. The minimum absolute atomic E-state index is 0.0601. The third-order valence-electron chi connectivity index (χ3n) is 3.47. The number of hydrogen-bond acceptors (Lipinski definition) is 3. The first-order chi connectivity index (χ1) is 9.70. The number of aromatic amines is 1. The van der Waals surface area contributed by atoms with Gasteiger partial charge in [-0.3, -0.25) is 9.59 Å². The summed E-state index contributed by atoms with van der Waals surface area (Å²) in [5.74, 6) is -0.239. The normalized spacial score (nSPS) is 13.9. The van der Waals surface area contributed by atoms with Gasteiger partial charge in [-0.1, -0.05) is 18.2 Å². The SMILES string of the molecule is N#CCN(C(=O)c1cc(=O)[nH]c2ccccc12)C1CC1. The number of carbonyl (C=O) groups is 1. The van der Waals surface area contributed by atoms with Crippen molar-refractivity contribution in [1.29, 1.82) is 5.26 Å². The fourth-order valence-corrected chi connectivity index (χ4v) is 2.37. The molecular weight excluding hydrogens is 254 g/mol. The number of nitriles is 1. The van der Waals surface area contributed by atoms with E-state index in [-0.39, 0.29) is 24.1 Å². The van der Waals surface area contributed by atoms with Crippen LogP contribution in [0.3, 0.4) is 0 Å². The molecule has 1 aromatic carbocycles. The third kappa shape index (κ3) is 2.16. The maximum atomic E-state index is 12.6. The number of nitrogens with zero attached hydrogens (tertiary/aromatic N) is 2. The summed E-state index contributed by atoms with van der Waals surface area (Å²) in [7, 11) is 0. The molecule has 1 heterocycles. The molecule has 5 nitrogen and oxygen atoms in total. The van der Waals surface area contributed by atoms with Crippen molar-refractivity contribution in [2.24, 2.45) is 0 Å². The minimum atomic E-state index is -0.306. The van der Waals surface area contributed by atoms with Crippen LogP contribution in [0.2, 0.25) is 0 Å². The van der Waals surface area contributed by atoms with Crippen molar-refractivity contribution in [2.45, 2.75) is 18.9 Å². The summed E-state index contributed by atoms with van der Waals surface area (Å²) < 4.78 is 0. The molecule has 1 saturated carbocycles. The molecule has 1 N–H and O–H groups in total. The zero-order chi connectivity index (χ0) is 14.1. The van der Waals surface area contributed by atoms with Crippen molar-refractivity contribution >= 4 is 16.8 Å². The van der Waals surface area contributed by atoms with Crippen LogP contribution < -0.4 is 5.56 Å². The van der Waals surface area contributed by atoms with Gasteiger partial charge < -0.3 is 9.88 Å². The lowest BCUT2D eigenvalue weighted by atomic mass is 10.1. The molecular formula is C15H13N3O2. The Labute approximate surface area is 115 Å². The third-order valence-corrected chi connectivity index (χ3v) is 3.47. The maximum absolute atomic E-state index is 12.6. The van der Waals surface area contributed by atoms with Gasteiger partial charge in [0.15, 0.2) is 0 Å². The monoisotopic (exact) mass is 267 g/mol. The summed E-state index contributed by atoms with van der Waals surface area (Å²) in [5.41, 5.74) is 0.697. The van der Waals surface area contributed by atoms with E-state index in [1.807, 2.05) is 12.1 Å². The highest BCUT2D eigenvalue weighted by Crippen LogP contribution is 2.28. The number of pyridine rings is 1. The molecule has 0 radical (unpaired) electrons. The average Bonchev–Trinajstić information content (AvgIpc) is 3.27. The van der Waals surface area contributed by atoms with Crippen LogP contribution >= 0.6 is 0 Å². The van der Waals surface area contributed by atoms with E-state index in [1.54, 1.807) is 23.1 Å². The number of para-hydroxylation sites is 1. The number of amides is 1. The van der Waals surface area contributed by atoms with E-state index in [4.69, 9.17) is 5.26 Å². The lowest BCUT2D eigenvalue weighted by molar-refractivity contribution is 0.0766. The molecule has 0 saturated heterocycles. The second-order valence-electron chi connectivity index (χ2n) is 4.92. The Kier molecular flexibility index (Phi) is 2.99. The van der Waals surface area contributed by atoms with Gasteiger partial charge in [0, 0.05) is 23.0 Å². The van der Waals surface area contributed by atoms with Gasteiger partial charge in [0.05, 0.1) is 11.6 Å². The Morgan fingerprint density at radius 3 is 2.85 bits per heavy atom. The first-order valence-electron chi connectivity index (χ1n) is 6.50. The van der Waals surface area contributed by atoms with Gasteiger partial charge in [0.2, 0.25) is 5.56 Å². The number of hydrogen-bond donors (Lipinski definition) is 1. The molecule has 0 bridgehead atoms. The fourth-order valence-electron chi connectivity index (χ4n) is 2.37. The van der Waals surface area contributed by atoms with Gasteiger partial charge in [-0.05, 0) is 18.9 Å². The van der Waals surface area contributed by atoms with Crippen LogP contribution in [0.15, 0.2) is 35.1 Å². The zero-order valence-electron chi connectivity index (χ0n) is 10.8. The zero-order valence-corrected chi connectivity index (χ0v) is 10.8. The van der Waals surface area contributed by atoms with Crippen LogP contribution in [-0.4, -0.2) is 28.4 Å². The van der Waals surface area contributed by atoms with Crippen LogP contribution in [-0.2, 0) is 0 Å². The molecule has 1 fully saturated rings. The summed E-state index contributed by atoms with van der Waals surface area (Å²) in [4.78, 5) is 28.6. The highest BCUT2D eigenvalue weighted by Gasteiger charge is 2.33. The van der Waals surface area contributed by atoms with Crippen LogP contribution in [0.4, 0.5) is 0 Å². The van der Waals surface area contributed by atoms with E-state index in [2.05, 4.69) is 4.98 Å². The lowest BCUT2D eigenvalue weighted by Gasteiger charge is -2.19. The molecule has 20 heavy (non-hydrogen) atoms. The van der Waals surface area contributed by atoms with E-state index in [9.17, 15) is 9.59 Å². The lowest BCUT2D eigenvalue weighted by Crippen LogP contribution is -2.34. The van der Waals surface area contributed by atoms with Crippen molar-refractivity contribution in [3.63, 3.8) is 0 Å². The van der Waals surface area contributed by atoms with Crippen molar-refractivity contribution in [1.82, 2.24) is 9.88 Å². The highest BCUT2D eigenvalue weighted by atomic mass is 16.2. The molecule has 1 aliphatic rings. The smallest absolute Gasteiger partial charge is 0.255 e. The van der Waals surface area contributed by atoms with E-state index < -0.39 is 0 Å². The molecule has 0 spiro atoms. The number of rotatable bonds is 3. The molecule has 1 aliphatic carbocycles. The van der Waals surface area contributed by atoms with E-state index in [0.717, 1.165) is 12.8 Å². The second kappa shape index (κ2) is 4.82. The minimum Gasteiger partial charge on any atom is -0.322 e. The molecule has 1 aromatic heterocycles. The molecule has 3 rings (SSSR count). The quantitative estimate of drug-likeness (QED) is 0.859. The van der Waals surface area contributed by atoms with E-state index in [1.165, 1.54) is 6.07 Å². The molecule has 5 heteroatoms. The van der Waals surface area contributed by atoms with Gasteiger partial charge in [0.25, 0.3) is 5.91 Å². The predicted molar refractivity (Wildman–Crippen MR) is 74.2 cm³/mol. The molecule has 0 unspecified atom stereocenters. The van der Waals surface area contributed by atoms with Crippen molar-refractivity contribution in [2.75, 3.05) is 6.54 Å². The summed E-state index contributed by atoms with van der Waals surface area (Å²) in [6, 6.07) is 10.7. The van der Waals surface area contributed by atoms with Crippen molar-refractivity contribution in [3.8, 4) is 6.07 Å². The van der Waals surface area contributed by atoms with Crippen LogP contribution in [0, 0.1) is 11.3 Å². The number of nitrogens with one attached hydrogen (secondary N) is 1. The Hall–Kier alpha value is -2.61. The number of fused-ring (bicyclic) bond motifs is 1. The summed E-state index contributed by atoms with van der Waals surface area (Å²) >= 11 is 0. The van der Waals surface area contributed by atoms with Crippen molar-refractivity contribution < 1.29 is 4.79 Å². The van der Waals surface area contributed by atoms with Gasteiger partial charge in [-0.2, -0.15) is 5.26 Å². The van der Waals surface area contributed by atoms with Crippen molar-refractivity contribution in [3.05, 3.63) is 46.2 Å². The molecule has 100 valence electrons. The molecule has 0 atom stereocenters. The summed E-state index contributed by atoms with van der Waals surface area (Å²) in [6.07, 6.45) is 1.85. The standard InChI is InChI=1S/C15H13N3O2/c16-7-8-18(10-5-6-10)15(20)12-9-14(19)17-13-4-2-1-3-11(12)13/h1-4,9-10H,5-6,8H2,(H,17,19). The van der Waals surface area contributed by atoms with Crippen LogP contribution in [0.5, 0.6) is 0 Å². The largest absolute Gasteiger partial charge is 0.322 e. The topological polar surface area (TPSA) is 77.0 Å². The summed E-state index contributed by atoms with van der Waals surface area (Å²) in [6.45, 7) is 0.0601. The highest BCUT2D eigenvalue weighted by molar-refractivity contribution is 6.06. The first kappa shape index (κ1) is 12.4. The first-order valence-corrected chi connectivity index (χ1v) is 6.50. The Morgan fingerprint density at radius 1 is 1.40 bits per heavy atom. The fraction of sp³-hybridized carbons (Fsp3) is 0.267. The van der Waals surface area contributed by atoms with E-state index in [0.29, 0.717) is 16.5 Å². The Morgan fingerprint density at radius 2 is 2.15 bits per heavy atom. The van der Waals surface area contributed by atoms with E-state index >= 15 is 0 Å².